The molecule has 0 aromatic rings. The molecular formula is C7H12O7. The Balaban J connectivity index is 4.46. The number of aliphatic hydroxyl groups is 4. The zero-order valence-electron chi connectivity index (χ0n) is 7.36. The van der Waals surface area contributed by atoms with Crippen molar-refractivity contribution in [2.45, 2.75) is 31.3 Å². The summed E-state index contributed by atoms with van der Waals surface area (Å²) in [5.41, 5.74) is 0. The zero-order valence-corrected chi connectivity index (χ0v) is 7.36. The highest BCUT2D eigenvalue weighted by Gasteiger charge is 2.35. The Morgan fingerprint density at radius 1 is 1.00 bits per heavy atom. The number of aliphatic carboxylic acids is 1. The molecule has 0 aliphatic carbocycles. The van der Waals surface area contributed by atoms with Gasteiger partial charge in [-0.15, -0.1) is 0 Å². The summed E-state index contributed by atoms with van der Waals surface area (Å²) in [5, 5.41) is 43.9. The SMILES string of the molecule is C[C@@H](O)[C@H](O)[C@H](O)[C@@H](O)C(=O)C(=O)O. The number of hydrogen-bond donors (Lipinski definition) is 5. The summed E-state index contributed by atoms with van der Waals surface area (Å²) in [6.07, 6.45) is -7.45. The molecule has 0 rings (SSSR count). The van der Waals surface area contributed by atoms with Gasteiger partial charge in [0.15, 0.2) is 6.10 Å². The van der Waals surface area contributed by atoms with E-state index in [1.807, 2.05) is 0 Å². The fourth-order valence-electron chi connectivity index (χ4n) is 0.754. The molecule has 7 nitrogen and oxygen atoms in total. The van der Waals surface area contributed by atoms with E-state index in [-0.39, 0.29) is 0 Å². The van der Waals surface area contributed by atoms with Gasteiger partial charge in [0, 0.05) is 0 Å². The van der Waals surface area contributed by atoms with E-state index in [4.69, 9.17) is 25.5 Å². The molecule has 0 saturated carbocycles. The van der Waals surface area contributed by atoms with Crippen molar-refractivity contribution in [3.8, 4) is 0 Å². The van der Waals surface area contributed by atoms with Crippen LogP contribution >= 0.6 is 0 Å². The van der Waals surface area contributed by atoms with Crippen molar-refractivity contribution in [3.63, 3.8) is 0 Å². The van der Waals surface area contributed by atoms with Crippen molar-refractivity contribution in [3.05, 3.63) is 0 Å². The Labute approximate surface area is 79.2 Å². The van der Waals surface area contributed by atoms with Crippen molar-refractivity contribution >= 4 is 11.8 Å². The minimum atomic E-state index is -2.25. The lowest BCUT2D eigenvalue weighted by molar-refractivity contribution is -0.161. The lowest BCUT2D eigenvalue weighted by Crippen LogP contribution is -2.48. The summed E-state index contributed by atoms with van der Waals surface area (Å²) in [5.74, 6) is -3.56. The topological polar surface area (TPSA) is 135 Å². The van der Waals surface area contributed by atoms with Crippen LogP contribution in [0.1, 0.15) is 6.92 Å². The molecule has 0 aliphatic heterocycles. The van der Waals surface area contributed by atoms with Crippen LogP contribution in [0.3, 0.4) is 0 Å². The van der Waals surface area contributed by atoms with E-state index in [1.54, 1.807) is 0 Å². The molecule has 0 unspecified atom stereocenters. The lowest BCUT2D eigenvalue weighted by atomic mass is 10.0. The molecule has 0 aliphatic rings. The highest BCUT2D eigenvalue weighted by Crippen LogP contribution is 2.05. The van der Waals surface area contributed by atoms with E-state index in [9.17, 15) is 9.59 Å². The number of carbonyl (C=O) groups is 2. The Kier molecular flexibility index (Phi) is 4.64. The van der Waals surface area contributed by atoms with Crippen LogP contribution in [-0.2, 0) is 9.59 Å². The predicted octanol–water partition coefficient (Wildman–Crippen LogP) is -2.90. The van der Waals surface area contributed by atoms with E-state index in [1.165, 1.54) is 0 Å². The molecule has 0 fully saturated rings. The van der Waals surface area contributed by atoms with Crippen molar-refractivity contribution in [2.75, 3.05) is 0 Å². The third-order valence-corrected chi connectivity index (χ3v) is 1.65. The average molecular weight is 208 g/mol. The van der Waals surface area contributed by atoms with Crippen LogP contribution in [0.2, 0.25) is 0 Å². The molecule has 4 atom stereocenters. The summed E-state index contributed by atoms with van der Waals surface area (Å²) < 4.78 is 0. The quantitative estimate of drug-likeness (QED) is 0.306. The summed E-state index contributed by atoms with van der Waals surface area (Å²) in [6.45, 7) is 1.12. The fraction of sp³-hybridized carbons (Fsp3) is 0.714. The minimum absolute atomic E-state index is 1.12. The first kappa shape index (κ1) is 13.0. The molecule has 7 heteroatoms. The molecule has 5 N–H and O–H groups in total. The summed E-state index contributed by atoms with van der Waals surface area (Å²) >= 11 is 0. The van der Waals surface area contributed by atoms with Gasteiger partial charge in [0.2, 0.25) is 0 Å². The van der Waals surface area contributed by atoms with Crippen LogP contribution in [-0.4, -0.2) is 61.7 Å². The van der Waals surface area contributed by atoms with Gasteiger partial charge in [-0.2, -0.15) is 0 Å². The second-order valence-electron chi connectivity index (χ2n) is 2.84. The molecule has 0 heterocycles. The van der Waals surface area contributed by atoms with Crippen LogP contribution < -0.4 is 0 Å². The minimum Gasteiger partial charge on any atom is -0.475 e. The third-order valence-electron chi connectivity index (χ3n) is 1.65. The van der Waals surface area contributed by atoms with E-state index >= 15 is 0 Å². The number of carbonyl (C=O) groups excluding carboxylic acids is 1. The smallest absolute Gasteiger partial charge is 0.375 e. The van der Waals surface area contributed by atoms with Gasteiger partial charge in [0.25, 0.3) is 5.78 Å². The van der Waals surface area contributed by atoms with Gasteiger partial charge in [-0.3, -0.25) is 4.79 Å². The van der Waals surface area contributed by atoms with E-state index in [0.717, 1.165) is 6.92 Å². The lowest BCUT2D eigenvalue weighted by Gasteiger charge is -2.22. The maximum absolute atomic E-state index is 10.6. The molecule has 0 spiro atoms. The van der Waals surface area contributed by atoms with Crippen molar-refractivity contribution in [1.29, 1.82) is 0 Å². The van der Waals surface area contributed by atoms with E-state index < -0.39 is 36.2 Å². The number of hydrogen-bond acceptors (Lipinski definition) is 6. The normalized spacial score (nSPS) is 19.5. The molecule has 14 heavy (non-hydrogen) atoms. The molecule has 0 amide bonds. The molecule has 0 aromatic carbocycles. The molecule has 0 saturated heterocycles. The van der Waals surface area contributed by atoms with Crippen LogP contribution in [0.4, 0.5) is 0 Å². The second-order valence-corrected chi connectivity index (χ2v) is 2.84. The molecule has 0 aromatic heterocycles. The second kappa shape index (κ2) is 5.01. The fourth-order valence-corrected chi connectivity index (χ4v) is 0.754. The van der Waals surface area contributed by atoms with Crippen LogP contribution in [0.25, 0.3) is 0 Å². The first-order chi connectivity index (χ1) is 6.29. The van der Waals surface area contributed by atoms with Crippen molar-refractivity contribution in [1.82, 2.24) is 0 Å². The van der Waals surface area contributed by atoms with Crippen LogP contribution in [0.15, 0.2) is 0 Å². The summed E-state index contributed by atoms with van der Waals surface area (Å²) in [6, 6.07) is 0. The number of Topliss-reactive ketones (excluding diaryl/α,β-unsaturated/α-hetero) is 1. The number of aliphatic hydroxyl groups excluding tert-OH is 4. The number of ketones is 1. The van der Waals surface area contributed by atoms with Gasteiger partial charge in [-0.1, -0.05) is 0 Å². The Bertz CT molecular complexity index is 224. The Hall–Kier alpha value is -1.02. The monoisotopic (exact) mass is 208 g/mol. The highest BCUT2D eigenvalue weighted by atomic mass is 16.4. The highest BCUT2D eigenvalue weighted by molar-refractivity contribution is 6.34. The van der Waals surface area contributed by atoms with Crippen LogP contribution in [0.5, 0.6) is 0 Å². The third kappa shape index (κ3) is 3.04. The zero-order chi connectivity index (χ0) is 11.5. The van der Waals surface area contributed by atoms with Gasteiger partial charge in [-0.05, 0) is 6.92 Å². The summed E-state index contributed by atoms with van der Waals surface area (Å²) in [7, 11) is 0. The summed E-state index contributed by atoms with van der Waals surface area (Å²) in [4.78, 5) is 20.7. The Morgan fingerprint density at radius 2 is 1.43 bits per heavy atom. The largest absolute Gasteiger partial charge is 0.475 e. The predicted molar refractivity (Wildman–Crippen MR) is 42.3 cm³/mol. The van der Waals surface area contributed by atoms with Crippen molar-refractivity contribution < 1.29 is 35.1 Å². The average Bonchev–Trinajstić information content (AvgIpc) is 2.12. The van der Waals surface area contributed by atoms with Gasteiger partial charge in [0.05, 0.1) is 6.10 Å². The molecule has 0 radical (unpaired) electrons. The molecule has 0 bridgehead atoms. The van der Waals surface area contributed by atoms with E-state index in [2.05, 4.69) is 0 Å². The van der Waals surface area contributed by atoms with Crippen LogP contribution in [0, 0.1) is 0 Å². The first-order valence-corrected chi connectivity index (χ1v) is 3.78. The standard InChI is InChI=1S/C7H12O7/c1-2(8)3(9)4(10)5(11)6(12)7(13)14/h2-5,8-11H,1H3,(H,13,14)/t2-,3+,4+,5-/m1/s1. The molecule has 82 valence electrons. The maximum atomic E-state index is 10.6. The van der Waals surface area contributed by atoms with Gasteiger partial charge < -0.3 is 25.5 Å². The first-order valence-electron chi connectivity index (χ1n) is 3.78. The maximum Gasteiger partial charge on any atom is 0.375 e. The van der Waals surface area contributed by atoms with E-state index in [0.29, 0.717) is 0 Å². The number of carboxylic acid groups (broad SMARTS) is 1. The van der Waals surface area contributed by atoms with Gasteiger partial charge in [-0.25, -0.2) is 4.79 Å². The van der Waals surface area contributed by atoms with Gasteiger partial charge in [0.1, 0.15) is 12.2 Å². The van der Waals surface area contributed by atoms with Gasteiger partial charge >= 0.3 is 5.97 Å². The number of carboxylic acids is 1. The number of rotatable bonds is 5. The molecular weight excluding hydrogens is 196 g/mol. The van der Waals surface area contributed by atoms with Crippen molar-refractivity contribution in [2.24, 2.45) is 0 Å². The Morgan fingerprint density at radius 3 is 1.71 bits per heavy atom.